The van der Waals surface area contributed by atoms with Gasteiger partial charge in [0.2, 0.25) is 0 Å². The zero-order chi connectivity index (χ0) is 19.9. The van der Waals surface area contributed by atoms with E-state index in [4.69, 9.17) is 0 Å². The highest BCUT2D eigenvalue weighted by Crippen LogP contribution is 2.20. The van der Waals surface area contributed by atoms with Crippen LogP contribution in [0, 0.1) is 0 Å². The van der Waals surface area contributed by atoms with Crippen LogP contribution in [0.25, 0.3) is 0 Å². The lowest BCUT2D eigenvalue weighted by molar-refractivity contribution is 0.0671. The van der Waals surface area contributed by atoms with E-state index >= 15 is 0 Å². The van der Waals surface area contributed by atoms with Crippen molar-refractivity contribution < 1.29 is 8.78 Å². The number of benzene rings is 1. The minimum atomic E-state index is -2.61. The third-order valence-electron chi connectivity index (χ3n) is 4.96. The summed E-state index contributed by atoms with van der Waals surface area (Å²) < 4.78 is 26.8. The van der Waals surface area contributed by atoms with Crippen LogP contribution in [0.3, 0.4) is 0 Å². The molecule has 2 unspecified atom stereocenters. The van der Waals surface area contributed by atoms with Gasteiger partial charge in [0.05, 0.1) is 0 Å². The number of aromatic nitrogens is 2. The first-order valence-corrected chi connectivity index (χ1v) is 9.69. The fourth-order valence-corrected chi connectivity index (χ4v) is 3.55. The second-order valence-electron chi connectivity index (χ2n) is 7.06. The third kappa shape index (κ3) is 5.28. The summed E-state index contributed by atoms with van der Waals surface area (Å²) >= 11 is 0. The minimum Gasteiger partial charge on any atom is -0.357 e. The molecule has 2 N–H and O–H groups in total. The molecule has 8 heteroatoms. The van der Waals surface area contributed by atoms with Crippen molar-refractivity contribution in [3.05, 3.63) is 54.1 Å². The maximum absolute atomic E-state index is 13.0. The molecule has 0 amide bonds. The van der Waals surface area contributed by atoms with Gasteiger partial charge in [-0.3, -0.25) is 9.47 Å². The van der Waals surface area contributed by atoms with Crippen LogP contribution in [0.4, 0.5) is 8.78 Å². The number of alkyl halides is 2. The summed E-state index contributed by atoms with van der Waals surface area (Å²) in [6, 6.07) is 11.1. The van der Waals surface area contributed by atoms with Crippen molar-refractivity contribution in [1.29, 1.82) is 0 Å². The van der Waals surface area contributed by atoms with Gasteiger partial charge >= 0.3 is 6.55 Å². The molecule has 1 saturated heterocycles. The van der Waals surface area contributed by atoms with Crippen molar-refractivity contribution in [2.24, 2.45) is 4.99 Å². The van der Waals surface area contributed by atoms with E-state index in [0.29, 0.717) is 18.5 Å². The zero-order valence-electron chi connectivity index (χ0n) is 16.4. The van der Waals surface area contributed by atoms with Crippen LogP contribution in [0.15, 0.2) is 47.7 Å². The van der Waals surface area contributed by atoms with Crippen molar-refractivity contribution in [3.8, 4) is 0 Å². The molecule has 3 rings (SSSR count). The van der Waals surface area contributed by atoms with Gasteiger partial charge in [0, 0.05) is 44.1 Å². The van der Waals surface area contributed by atoms with E-state index < -0.39 is 6.55 Å². The molecule has 0 aliphatic carbocycles. The third-order valence-corrected chi connectivity index (χ3v) is 4.96. The van der Waals surface area contributed by atoms with Gasteiger partial charge < -0.3 is 10.6 Å². The Bertz CT molecular complexity index is 761. The maximum atomic E-state index is 13.0. The largest absolute Gasteiger partial charge is 0.357 e. The van der Waals surface area contributed by atoms with Crippen molar-refractivity contribution in [3.63, 3.8) is 0 Å². The summed E-state index contributed by atoms with van der Waals surface area (Å²) in [6.45, 7) is 4.23. The number of hydrogen-bond donors (Lipinski definition) is 2. The van der Waals surface area contributed by atoms with E-state index in [1.54, 1.807) is 0 Å². The molecule has 2 heterocycles. The number of imidazole rings is 1. The average Bonchev–Trinajstić information content (AvgIpc) is 3.28. The molecule has 0 bridgehead atoms. The highest BCUT2D eigenvalue weighted by Gasteiger charge is 2.29. The first-order chi connectivity index (χ1) is 13.6. The van der Waals surface area contributed by atoms with Gasteiger partial charge in [-0.15, -0.1) is 0 Å². The number of nitrogens with one attached hydrogen (secondary N) is 2. The Kier molecular flexibility index (Phi) is 6.97. The molecule has 6 nitrogen and oxygen atoms in total. The molecule has 2 atom stereocenters. The Balaban J connectivity index is 1.60. The van der Waals surface area contributed by atoms with E-state index in [0.717, 1.165) is 24.1 Å². The highest BCUT2D eigenvalue weighted by atomic mass is 19.3. The van der Waals surface area contributed by atoms with E-state index in [2.05, 4.69) is 56.7 Å². The Morgan fingerprint density at radius 1 is 1.32 bits per heavy atom. The molecule has 1 aromatic heterocycles. The van der Waals surface area contributed by atoms with Gasteiger partial charge in [-0.2, -0.15) is 8.78 Å². The second-order valence-corrected chi connectivity index (χ2v) is 7.06. The topological polar surface area (TPSA) is 57.5 Å². The molecule has 28 heavy (non-hydrogen) atoms. The van der Waals surface area contributed by atoms with Gasteiger partial charge in [-0.25, -0.2) is 9.98 Å². The molecule has 0 radical (unpaired) electrons. The molecule has 0 saturated carbocycles. The van der Waals surface area contributed by atoms with Gasteiger partial charge in [0.25, 0.3) is 0 Å². The van der Waals surface area contributed by atoms with Crippen molar-refractivity contribution in [2.45, 2.75) is 52.0 Å². The first kappa shape index (κ1) is 20.3. The number of aliphatic imine (C=N–C) groups is 1. The SMILES string of the molecule is CCNC(=NCc1nccn1C(F)F)NC1CC(C)N(Cc2ccccc2)C1. The Labute approximate surface area is 164 Å². The summed E-state index contributed by atoms with van der Waals surface area (Å²) in [5, 5.41) is 6.64. The lowest BCUT2D eigenvalue weighted by atomic mass is 10.2. The van der Waals surface area contributed by atoms with Crippen LogP contribution in [-0.2, 0) is 13.1 Å². The normalized spacial score (nSPS) is 20.7. The van der Waals surface area contributed by atoms with Gasteiger partial charge in [0.1, 0.15) is 12.4 Å². The number of hydrogen-bond acceptors (Lipinski definition) is 3. The second kappa shape index (κ2) is 9.64. The lowest BCUT2D eigenvalue weighted by Crippen LogP contribution is -2.44. The summed E-state index contributed by atoms with van der Waals surface area (Å²) in [6.07, 6.45) is 3.65. The molecule has 2 aromatic rings. The predicted octanol–water partition coefficient (Wildman–Crippen LogP) is 3.00. The van der Waals surface area contributed by atoms with Crippen LogP contribution >= 0.6 is 0 Å². The first-order valence-electron chi connectivity index (χ1n) is 9.69. The number of nitrogens with zero attached hydrogens (tertiary/aromatic N) is 4. The van der Waals surface area contributed by atoms with Gasteiger partial charge in [-0.1, -0.05) is 30.3 Å². The fourth-order valence-electron chi connectivity index (χ4n) is 3.55. The average molecular weight is 390 g/mol. The van der Waals surface area contributed by atoms with Crippen LogP contribution in [0.2, 0.25) is 0 Å². The molecule has 152 valence electrons. The quantitative estimate of drug-likeness (QED) is 0.564. The molecular weight excluding hydrogens is 362 g/mol. The number of guanidine groups is 1. The Hall–Kier alpha value is -2.48. The smallest absolute Gasteiger partial charge is 0.319 e. The van der Waals surface area contributed by atoms with Crippen molar-refractivity contribution in [1.82, 2.24) is 25.1 Å². The summed E-state index contributed by atoms with van der Waals surface area (Å²) in [7, 11) is 0. The maximum Gasteiger partial charge on any atom is 0.319 e. The van der Waals surface area contributed by atoms with Crippen LogP contribution in [0.1, 0.15) is 38.2 Å². The summed E-state index contributed by atoms with van der Waals surface area (Å²) in [4.78, 5) is 10.9. The van der Waals surface area contributed by atoms with Crippen LogP contribution in [-0.4, -0.2) is 45.6 Å². The van der Waals surface area contributed by atoms with E-state index in [-0.39, 0.29) is 18.4 Å². The number of halogens is 2. The molecule has 1 aliphatic rings. The summed E-state index contributed by atoms with van der Waals surface area (Å²) in [5.41, 5.74) is 1.30. The van der Waals surface area contributed by atoms with Crippen LogP contribution in [0.5, 0.6) is 0 Å². The fraction of sp³-hybridized carbons (Fsp3) is 0.500. The predicted molar refractivity (Wildman–Crippen MR) is 106 cm³/mol. The molecule has 1 aliphatic heterocycles. The molecule has 0 spiro atoms. The highest BCUT2D eigenvalue weighted by molar-refractivity contribution is 5.80. The van der Waals surface area contributed by atoms with E-state index in [1.165, 1.54) is 18.0 Å². The molecular formula is C20H28F2N6. The summed E-state index contributed by atoms with van der Waals surface area (Å²) in [5.74, 6) is 0.878. The number of rotatable bonds is 7. The molecule has 1 fully saturated rings. The Morgan fingerprint density at radius 3 is 2.82 bits per heavy atom. The Morgan fingerprint density at radius 2 is 2.11 bits per heavy atom. The number of likely N-dealkylation sites (tertiary alicyclic amines) is 1. The van der Waals surface area contributed by atoms with Crippen molar-refractivity contribution >= 4 is 5.96 Å². The van der Waals surface area contributed by atoms with E-state index in [1.807, 2.05) is 13.0 Å². The zero-order valence-corrected chi connectivity index (χ0v) is 16.4. The minimum absolute atomic E-state index is 0.0999. The van der Waals surface area contributed by atoms with Gasteiger partial charge in [0.15, 0.2) is 5.96 Å². The van der Waals surface area contributed by atoms with Crippen LogP contribution < -0.4 is 10.6 Å². The lowest BCUT2D eigenvalue weighted by Gasteiger charge is -2.21. The van der Waals surface area contributed by atoms with E-state index in [9.17, 15) is 8.78 Å². The standard InChI is InChI=1S/C20H28F2N6/c1-3-23-20(25-12-18-24-9-10-28(18)19(21)22)26-17-11-15(2)27(14-17)13-16-7-5-4-6-8-16/h4-10,15,17,19H,3,11-14H2,1-2H3,(H2,23,25,26). The van der Waals surface area contributed by atoms with Gasteiger partial charge in [-0.05, 0) is 25.8 Å². The monoisotopic (exact) mass is 390 g/mol. The van der Waals surface area contributed by atoms with Crippen molar-refractivity contribution in [2.75, 3.05) is 13.1 Å². The molecule has 1 aromatic carbocycles.